The van der Waals surface area contributed by atoms with Crippen LogP contribution in [0.4, 0.5) is 5.69 Å². The molecule has 0 aliphatic heterocycles. The van der Waals surface area contributed by atoms with Crippen LogP contribution in [0.2, 0.25) is 0 Å². The Hall–Kier alpha value is -1.84. The molecule has 0 atom stereocenters. The zero-order valence-corrected chi connectivity index (χ0v) is 10.1. The van der Waals surface area contributed by atoms with Crippen molar-refractivity contribution in [1.82, 2.24) is 0 Å². The molecule has 0 saturated heterocycles. The molecule has 17 heavy (non-hydrogen) atoms. The molecule has 4 nitrogen and oxygen atoms in total. The van der Waals surface area contributed by atoms with E-state index < -0.39 is 5.97 Å². The highest BCUT2D eigenvalue weighted by molar-refractivity contribution is 5.89. The van der Waals surface area contributed by atoms with Gasteiger partial charge < -0.3 is 10.4 Å². The molecule has 0 unspecified atom stereocenters. The fourth-order valence-electron chi connectivity index (χ4n) is 1.59. The van der Waals surface area contributed by atoms with Crippen molar-refractivity contribution in [3.05, 3.63) is 29.3 Å². The lowest BCUT2D eigenvalue weighted by atomic mass is 10.0. The Bertz CT molecular complexity index is 427. The van der Waals surface area contributed by atoms with E-state index in [4.69, 9.17) is 5.11 Å². The number of carbonyl (C=O) groups excluding carboxylic acids is 1. The van der Waals surface area contributed by atoms with Crippen LogP contribution in [0, 0.1) is 6.92 Å². The van der Waals surface area contributed by atoms with E-state index in [0.717, 1.165) is 16.8 Å². The standard InChI is InChI=1S/C13H17NO3/c1-9-6-7-11(4-3-5-13(16)17)8-12(9)14-10(2)15/h6-8H,3-5H2,1-2H3,(H,14,15)(H,16,17). The smallest absolute Gasteiger partial charge is 0.303 e. The van der Waals surface area contributed by atoms with Crippen LogP contribution >= 0.6 is 0 Å². The van der Waals surface area contributed by atoms with E-state index in [1.165, 1.54) is 6.92 Å². The highest BCUT2D eigenvalue weighted by atomic mass is 16.4. The first kappa shape index (κ1) is 13.2. The van der Waals surface area contributed by atoms with Gasteiger partial charge in [0.05, 0.1) is 0 Å². The molecule has 0 bridgehead atoms. The predicted octanol–water partition coefficient (Wildman–Crippen LogP) is 2.36. The molecule has 0 spiro atoms. The lowest BCUT2D eigenvalue weighted by molar-refractivity contribution is -0.137. The summed E-state index contributed by atoms with van der Waals surface area (Å²) >= 11 is 0. The van der Waals surface area contributed by atoms with Gasteiger partial charge in [-0.15, -0.1) is 0 Å². The Morgan fingerprint density at radius 2 is 2.06 bits per heavy atom. The minimum atomic E-state index is -0.779. The number of hydrogen-bond acceptors (Lipinski definition) is 2. The number of rotatable bonds is 5. The summed E-state index contributed by atoms with van der Waals surface area (Å²) in [6.07, 6.45) is 1.49. The molecule has 0 aliphatic carbocycles. The predicted molar refractivity (Wildman–Crippen MR) is 66.1 cm³/mol. The average molecular weight is 235 g/mol. The normalized spacial score (nSPS) is 10.0. The summed E-state index contributed by atoms with van der Waals surface area (Å²) in [7, 11) is 0. The molecule has 0 radical (unpaired) electrons. The van der Waals surface area contributed by atoms with E-state index in [0.29, 0.717) is 12.8 Å². The van der Waals surface area contributed by atoms with E-state index in [9.17, 15) is 9.59 Å². The Balaban J connectivity index is 2.67. The third-order valence-corrected chi connectivity index (χ3v) is 2.47. The third-order valence-electron chi connectivity index (χ3n) is 2.47. The van der Waals surface area contributed by atoms with Gasteiger partial charge in [-0.2, -0.15) is 0 Å². The van der Waals surface area contributed by atoms with Crippen LogP contribution in [0.1, 0.15) is 30.9 Å². The lowest BCUT2D eigenvalue weighted by Crippen LogP contribution is -2.07. The van der Waals surface area contributed by atoms with Crippen molar-refractivity contribution in [2.24, 2.45) is 0 Å². The van der Waals surface area contributed by atoms with E-state index >= 15 is 0 Å². The minimum absolute atomic E-state index is 0.101. The highest BCUT2D eigenvalue weighted by Crippen LogP contribution is 2.18. The first-order valence-electron chi connectivity index (χ1n) is 5.58. The van der Waals surface area contributed by atoms with Crippen molar-refractivity contribution in [2.45, 2.75) is 33.1 Å². The van der Waals surface area contributed by atoms with Gasteiger partial charge in [-0.1, -0.05) is 12.1 Å². The van der Waals surface area contributed by atoms with Gasteiger partial charge in [0.15, 0.2) is 0 Å². The number of nitrogens with one attached hydrogen (secondary N) is 1. The Kier molecular flexibility index (Phi) is 4.69. The van der Waals surface area contributed by atoms with Crippen LogP contribution in [-0.4, -0.2) is 17.0 Å². The topological polar surface area (TPSA) is 66.4 Å². The molecule has 1 aromatic carbocycles. The van der Waals surface area contributed by atoms with Crippen LogP contribution in [-0.2, 0) is 16.0 Å². The molecular weight excluding hydrogens is 218 g/mol. The highest BCUT2D eigenvalue weighted by Gasteiger charge is 2.03. The second-order valence-electron chi connectivity index (χ2n) is 4.08. The summed E-state index contributed by atoms with van der Waals surface area (Å²) < 4.78 is 0. The van der Waals surface area contributed by atoms with Crippen molar-refractivity contribution >= 4 is 17.6 Å². The Morgan fingerprint density at radius 3 is 2.65 bits per heavy atom. The van der Waals surface area contributed by atoms with Crippen molar-refractivity contribution in [3.8, 4) is 0 Å². The first-order chi connectivity index (χ1) is 7.99. The second kappa shape index (κ2) is 6.03. The van der Waals surface area contributed by atoms with Crippen LogP contribution in [0.3, 0.4) is 0 Å². The van der Waals surface area contributed by atoms with Gasteiger partial charge >= 0.3 is 5.97 Å². The SMILES string of the molecule is CC(=O)Nc1cc(CCCC(=O)O)ccc1C. The molecule has 0 saturated carbocycles. The molecule has 1 rings (SSSR count). The van der Waals surface area contributed by atoms with Gasteiger partial charge in [-0.3, -0.25) is 9.59 Å². The molecule has 0 heterocycles. The summed E-state index contributed by atoms with van der Waals surface area (Å²) in [6.45, 7) is 3.39. The number of anilines is 1. The van der Waals surface area contributed by atoms with Crippen LogP contribution in [0.25, 0.3) is 0 Å². The largest absolute Gasteiger partial charge is 0.481 e. The van der Waals surface area contributed by atoms with Gasteiger partial charge in [-0.05, 0) is 37.0 Å². The van der Waals surface area contributed by atoms with Gasteiger partial charge in [-0.25, -0.2) is 0 Å². The number of carboxylic acids is 1. The molecule has 1 aromatic rings. The third kappa shape index (κ3) is 4.68. The number of carboxylic acid groups (broad SMARTS) is 1. The van der Waals surface area contributed by atoms with E-state index in [1.54, 1.807) is 0 Å². The number of aryl methyl sites for hydroxylation is 2. The maximum Gasteiger partial charge on any atom is 0.303 e. The summed E-state index contributed by atoms with van der Waals surface area (Å²) in [5, 5.41) is 11.3. The average Bonchev–Trinajstić information content (AvgIpc) is 2.21. The number of hydrogen-bond donors (Lipinski definition) is 2. The monoisotopic (exact) mass is 235 g/mol. The van der Waals surface area contributed by atoms with E-state index in [1.807, 2.05) is 25.1 Å². The Labute approximate surface area is 101 Å². The molecule has 2 N–H and O–H groups in total. The molecule has 0 aromatic heterocycles. The zero-order chi connectivity index (χ0) is 12.8. The number of aliphatic carboxylic acids is 1. The van der Waals surface area contributed by atoms with Gasteiger partial charge in [0.1, 0.15) is 0 Å². The summed E-state index contributed by atoms with van der Waals surface area (Å²) in [4.78, 5) is 21.4. The van der Waals surface area contributed by atoms with Crippen LogP contribution < -0.4 is 5.32 Å². The maximum atomic E-state index is 11.0. The van der Waals surface area contributed by atoms with E-state index in [-0.39, 0.29) is 12.3 Å². The maximum absolute atomic E-state index is 11.0. The molecule has 1 amide bonds. The number of amides is 1. The molecular formula is C13H17NO3. The fourth-order valence-corrected chi connectivity index (χ4v) is 1.59. The first-order valence-corrected chi connectivity index (χ1v) is 5.58. The van der Waals surface area contributed by atoms with Gasteiger partial charge in [0.2, 0.25) is 5.91 Å². The molecule has 0 aliphatic rings. The van der Waals surface area contributed by atoms with Crippen molar-refractivity contribution in [2.75, 3.05) is 5.32 Å². The number of benzene rings is 1. The van der Waals surface area contributed by atoms with Gasteiger partial charge in [0, 0.05) is 19.0 Å². The number of carbonyl (C=O) groups is 2. The Morgan fingerprint density at radius 1 is 1.35 bits per heavy atom. The fraction of sp³-hybridized carbons (Fsp3) is 0.385. The molecule has 0 fully saturated rings. The molecule has 4 heteroatoms. The van der Waals surface area contributed by atoms with E-state index in [2.05, 4.69) is 5.32 Å². The van der Waals surface area contributed by atoms with Crippen molar-refractivity contribution < 1.29 is 14.7 Å². The van der Waals surface area contributed by atoms with Gasteiger partial charge in [0.25, 0.3) is 0 Å². The van der Waals surface area contributed by atoms with Crippen LogP contribution in [0.5, 0.6) is 0 Å². The van der Waals surface area contributed by atoms with Crippen molar-refractivity contribution in [3.63, 3.8) is 0 Å². The van der Waals surface area contributed by atoms with Crippen LogP contribution in [0.15, 0.2) is 18.2 Å². The summed E-state index contributed by atoms with van der Waals surface area (Å²) in [5.41, 5.74) is 2.84. The summed E-state index contributed by atoms with van der Waals surface area (Å²) in [6, 6.07) is 5.79. The summed E-state index contributed by atoms with van der Waals surface area (Å²) in [5.74, 6) is -0.880. The quantitative estimate of drug-likeness (QED) is 0.823. The minimum Gasteiger partial charge on any atom is -0.481 e. The van der Waals surface area contributed by atoms with Crippen molar-refractivity contribution in [1.29, 1.82) is 0 Å². The lowest BCUT2D eigenvalue weighted by Gasteiger charge is -2.08. The zero-order valence-electron chi connectivity index (χ0n) is 10.1. The second-order valence-corrected chi connectivity index (χ2v) is 4.08. The molecule has 92 valence electrons.